The first-order chi connectivity index (χ1) is 10.4. The smallest absolute Gasteiger partial charge is 0.218 e. The van der Waals surface area contributed by atoms with E-state index in [-0.39, 0.29) is 0 Å². The van der Waals surface area contributed by atoms with Crippen molar-refractivity contribution in [2.45, 2.75) is 6.54 Å². The van der Waals surface area contributed by atoms with Crippen molar-refractivity contribution in [1.82, 2.24) is 25.2 Å². The second-order valence-corrected chi connectivity index (χ2v) is 5.98. The highest BCUT2D eigenvalue weighted by Crippen LogP contribution is 2.25. The molecule has 8 heteroatoms. The molecule has 0 unspecified atom stereocenters. The maximum atomic E-state index is 5.70. The summed E-state index contributed by atoms with van der Waals surface area (Å²) >= 11 is 3.22. The number of hydrogen-bond acceptors (Lipinski definition) is 7. The van der Waals surface area contributed by atoms with Gasteiger partial charge in [0, 0.05) is 10.9 Å². The van der Waals surface area contributed by atoms with E-state index >= 15 is 0 Å². The van der Waals surface area contributed by atoms with Gasteiger partial charge in [-0.3, -0.25) is 0 Å². The van der Waals surface area contributed by atoms with E-state index in [0.717, 1.165) is 16.2 Å². The minimum Gasteiger partial charge on any atom is -0.438 e. The zero-order valence-corrected chi connectivity index (χ0v) is 12.3. The van der Waals surface area contributed by atoms with Crippen molar-refractivity contribution in [3.8, 4) is 22.0 Å². The molecule has 4 aromatic rings. The van der Waals surface area contributed by atoms with Crippen LogP contribution in [0.3, 0.4) is 0 Å². The zero-order chi connectivity index (χ0) is 14.1. The molecule has 4 heterocycles. The Labute approximate surface area is 127 Å². The van der Waals surface area contributed by atoms with Gasteiger partial charge in [-0.15, -0.1) is 21.5 Å². The summed E-state index contributed by atoms with van der Waals surface area (Å²) in [5.41, 5.74) is 0.970. The lowest BCUT2D eigenvalue weighted by Crippen LogP contribution is -2.04. The topological polar surface area (TPSA) is 69.6 Å². The van der Waals surface area contributed by atoms with Gasteiger partial charge in [-0.1, -0.05) is 6.07 Å². The number of nitrogens with zero attached hydrogens (tertiary/aromatic N) is 5. The molecule has 0 aliphatic heterocycles. The normalized spacial score (nSPS) is 11.0. The van der Waals surface area contributed by atoms with Crippen LogP contribution in [0.25, 0.3) is 22.0 Å². The van der Waals surface area contributed by atoms with Crippen LogP contribution in [0.1, 0.15) is 5.89 Å². The van der Waals surface area contributed by atoms with E-state index < -0.39 is 0 Å². The molecule has 0 atom stereocenters. The number of rotatable bonds is 4. The number of aromatic nitrogens is 5. The Morgan fingerprint density at radius 3 is 3.05 bits per heavy atom. The van der Waals surface area contributed by atoms with Gasteiger partial charge in [0.2, 0.25) is 11.7 Å². The first-order valence-electron chi connectivity index (χ1n) is 6.17. The highest BCUT2D eigenvalue weighted by Gasteiger charge is 2.11. The molecule has 0 N–H and O–H groups in total. The van der Waals surface area contributed by atoms with Crippen molar-refractivity contribution >= 4 is 22.7 Å². The van der Waals surface area contributed by atoms with Crippen molar-refractivity contribution in [3.05, 3.63) is 46.4 Å². The van der Waals surface area contributed by atoms with Gasteiger partial charge in [0.25, 0.3) is 0 Å². The van der Waals surface area contributed by atoms with E-state index in [1.54, 1.807) is 28.9 Å². The van der Waals surface area contributed by atoms with Crippen LogP contribution >= 0.6 is 22.7 Å². The van der Waals surface area contributed by atoms with Crippen LogP contribution in [0.5, 0.6) is 0 Å². The molecule has 6 nitrogen and oxygen atoms in total. The van der Waals surface area contributed by atoms with Gasteiger partial charge in [0.05, 0.1) is 11.1 Å². The van der Waals surface area contributed by atoms with Crippen LogP contribution in [-0.2, 0) is 6.54 Å². The lowest BCUT2D eigenvalue weighted by molar-refractivity contribution is 0.447. The lowest BCUT2D eigenvalue weighted by atomic mass is 10.3. The van der Waals surface area contributed by atoms with Crippen LogP contribution in [0.2, 0.25) is 0 Å². The van der Waals surface area contributed by atoms with E-state index in [1.807, 2.05) is 34.3 Å². The van der Waals surface area contributed by atoms with Gasteiger partial charge in [-0.05, 0) is 28.1 Å². The highest BCUT2D eigenvalue weighted by molar-refractivity contribution is 7.13. The minimum atomic E-state index is 0.364. The molecule has 21 heavy (non-hydrogen) atoms. The largest absolute Gasteiger partial charge is 0.438 e. The van der Waals surface area contributed by atoms with E-state index in [2.05, 4.69) is 20.4 Å². The van der Waals surface area contributed by atoms with Gasteiger partial charge in [0.15, 0.2) is 5.76 Å². The third kappa shape index (κ3) is 2.50. The Morgan fingerprint density at radius 2 is 2.24 bits per heavy atom. The predicted octanol–water partition coefficient (Wildman–Crippen LogP) is 3.17. The van der Waals surface area contributed by atoms with E-state index in [4.69, 9.17) is 4.42 Å². The van der Waals surface area contributed by atoms with Gasteiger partial charge in [-0.25, -0.2) is 4.98 Å². The Bertz CT molecular complexity index is 761. The van der Waals surface area contributed by atoms with Gasteiger partial charge >= 0.3 is 0 Å². The van der Waals surface area contributed by atoms with E-state index in [0.29, 0.717) is 18.3 Å². The summed E-state index contributed by atoms with van der Waals surface area (Å²) in [5, 5.41) is 18.4. The first-order valence-corrected chi connectivity index (χ1v) is 8.00. The fraction of sp³-hybridized carbons (Fsp3) is 0.0769. The fourth-order valence-corrected chi connectivity index (χ4v) is 3.16. The average molecular weight is 315 g/mol. The van der Waals surface area contributed by atoms with Gasteiger partial charge in [0.1, 0.15) is 6.54 Å². The molecule has 0 saturated heterocycles. The van der Waals surface area contributed by atoms with Crippen molar-refractivity contribution in [3.63, 3.8) is 0 Å². The summed E-state index contributed by atoms with van der Waals surface area (Å²) in [6.07, 6.45) is 1.72. The Kier molecular flexibility index (Phi) is 3.09. The Morgan fingerprint density at radius 1 is 1.24 bits per heavy atom. The Balaban J connectivity index is 1.54. The monoisotopic (exact) mass is 315 g/mol. The quantitative estimate of drug-likeness (QED) is 0.578. The van der Waals surface area contributed by atoms with Crippen LogP contribution in [0.4, 0.5) is 0 Å². The van der Waals surface area contributed by atoms with Crippen molar-refractivity contribution in [2.24, 2.45) is 0 Å². The van der Waals surface area contributed by atoms with E-state index in [1.165, 1.54) is 4.80 Å². The average Bonchev–Trinajstić information content (AvgIpc) is 3.28. The molecule has 4 rings (SSSR count). The van der Waals surface area contributed by atoms with Crippen LogP contribution in [-0.4, -0.2) is 25.2 Å². The van der Waals surface area contributed by atoms with Crippen LogP contribution in [0.15, 0.2) is 45.0 Å². The molecule has 0 aromatic carbocycles. The molecule has 0 radical (unpaired) electrons. The van der Waals surface area contributed by atoms with Crippen molar-refractivity contribution < 1.29 is 4.42 Å². The van der Waals surface area contributed by atoms with Crippen LogP contribution < -0.4 is 0 Å². The SMILES string of the molecule is c1csc(-c2cnc(Cn3nnc(-c4ccsc4)n3)o2)c1. The van der Waals surface area contributed by atoms with Crippen LogP contribution in [0, 0.1) is 0 Å². The molecule has 0 amide bonds. The second-order valence-electron chi connectivity index (χ2n) is 4.25. The Hall–Kier alpha value is -2.32. The van der Waals surface area contributed by atoms with Gasteiger partial charge in [-0.2, -0.15) is 16.1 Å². The zero-order valence-electron chi connectivity index (χ0n) is 10.7. The fourth-order valence-electron chi connectivity index (χ4n) is 1.85. The molecule has 0 bridgehead atoms. The second kappa shape index (κ2) is 5.23. The van der Waals surface area contributed by atoms with Crippen molar-refractivity contribution in [2.75, 3.05) is 0 Å². The maximum absolute atomic E-state index is 5.70. The molecule has 104 valence electrons. The summed E-state index contributed by atoms with van der Waals surface area (Å²) in [6.45, 7) is 0.364. The minimum absolute atomic E-state index is 0.364. The molecule has 0 fully saturated rings. The highest BCUT2D eigenvalue weighted by atomic mass is 32.1. The summed E-state index contributed by atoms with van der Waals surface area (Å²) < 4.78 is 5.70. The summed E-state index contributed by atoms with van der Waals surface area (Å²) in [7, 11) is 0. The molecule has 0 saturated carbocycles. The number of hydrogen-bond donors (Lipinski definition) is 0. The molecule has 0 aliphatic carbocycles. The molecule has 0 aliphatic rings. The maximum Gasteiger partial charge on any atom is 0.218 e. The third-order valence-corrected chi connectivity index (χ3v) is 4.39. The predicted molar refractivity (Wildman–Crippen MR) is 80.0 cm³/mol. The summed E-state index contributed by atoms with van der Waals surface area (Å²) in [5.74, 6) is 1.94. The third-order valence-electron chi connectivity index (χ3n) is 2.83. The van der Waals surface area contributed by atoms with Gasteiger partial charge < -0.3 is 4.42 Å². The van der Waals surface area contributed by atoms with E-state index in [9.17, 15) is 0 Å². The number of thiophene rings is 2. The summed E-state index contributed by atoms with van der Waals surface area (Å²) in [4.78, 5) is 6.79. The summed E-state index contributed by atoms with van der Waals surface area (Å²) in [6, 6.07) is 5.94. The lowest BCUT2D eigenvalue weighted by Gasteiger charge is -1.93. The molecular formula is C13H9N5OS2. The number of tetrazole rings is 1. The standard InChI is InChI=1S/C13H9N5OS2/c1-2-11(21-4-1)10-6-14-12(19-10)7-18-16-13(15-17-18)9-3-5-20-8-9/h1-6,8H,7H2. The number of oxazole rings is 1. The molecular weight excluding hydrogens is 306 g/mol. The first kappa shape index (κ1) is 12.4. The molecule has 4 aromatic heterocycles. The molecule has 0 spiro atoms. The van der Waals surface area contributed by atoms with Crippen molar-refractivity contribution in [1.29, 1.82) is 0 Å².